The first-order valence-corrected chi connectivity index (χ1v) is 27.2. The van der Waals surface area contributed by atoms with E-state index in [0.717, 1.165) is 55.7 Å². The molecule has 1 aliphatic heterocycles. The number of phenols is 1. The summed E-state index contributed by atoms with van der Waals surface area (Å²) in [7, 11) is -2.99. The minimum Gasteiger partial charge on any atom is -0.507 e. The fourth-order valence-corrected chi connectivity index (χ4v) is 16.4. The summed E-state index contributed by atoms with van der Waals surface area (Å²) in [5.41, 5.74) is 13.5. The molecule has 0 radical (unpaired) electrons. The van der Waals surface area contributed by atoms with E-state index in [1.165, 1.54) is 48.3 Å². The molecule has 0 spiro atoms. The van der Waals surface area contributed by atoms with Crippen molar-refractivity contribution in [1.29, 1.82) is 0 Å². The predicted molar refractivity (Wildman–Crippen MR) is 303 cm³/mol. The Bertz CT molecular complexity index is 3870. The largest absolute Gasteiger partial charge is 0.507 e. The third-order valence-corrected chi connectivity index (χ3v) is 20.0. The number of fused-ring (bicyclic) bond motifs is 6. The number of aromatic nitrogens is 4. The van der Waals surface area contributed by atoms with Crippen molar-refractivity contribution in [3.63, 3.8) is 0 Å². The Kier molecular flexibility index (Phi) is 11.6. The van der Waals surface area contributed by atoms with E-state index >= 15 is 0 Å². The molecule has 5 nitrogen and oxygen atoms in total. The van der Waals surface area contributed by atoms with Gasteiger partial charge in [-0.1, -0.05) is 207 Å². The summed E-state index contributed by atoms with van der Waals surface area (Å²) in [5, 5.41) is 19.1. The summed E-state index contributed by atoms with van der Waals surface area (Å²) < 4.78 is 4.63. The number of hydrogen-bond donors (Lipinski definition) is 1. The molecule has 8 aromatic carbocycles. The number of benzene rings is 8. The molecule has 0 unspecified atom stereocenters. The van der Waals surface area contributed by atoms with E-state index in [9.17, 15) is 5.11 Å². The van der Waals surface area contributed by atoms with Gasteiger partial charge < -0.3 is 9.67 Å². The van der Waals surface area contributed by atoms with Crippen LogP contribution in [0.1, 0.15) is 79.0 Å². The predicted octanol–water partition coefficient (Wildman–Crippen LogP) is 13.6. The Morgan fingerprint density at radius 1 is 0.507 bits per heavy atom. The summed E-state index contributed by atoms with van der Waals surface area (Å²) in [5.74, 6) is 1.79. The van der Waals surface area contributed by atoms with Gasteiger partial charge in [0.1, 0.15) is 17.4 Å². The molecule has 4 heterocycles. The molecule has 12 rings (SSSR count). The van der Waals surface area contributed by atoms with E-state index in [2.05, 4.69) is 235 Å². The van der Waals surface area contributed by atoms with Crippen molar-refractivity contribution >= 4 is 61.7 Å². The Hall–Kier alpha value is -7.11. The van der Waals surface area contributed by atoms with Crippen LogP contribution in [0, 0.1) is 6.07 Å². The van der Waals surface area contributed by atoms with Crippen LogP contribution in [0.15, 0.2) is 188 Å². The number of nitrogens with zero attached hydrogens (tertiary/aromatic N) is 4. The number of phenolic OH excluding ortho intramolecular Hbond substituents is 1. The van der Waals surface area contributed by atoms with Gasteiger partial charge in [-0.25, -0.2) is 9.97 Å². The first-order valence-electron chi connectivity index (χ1n) is 25.2. The molecule has 1 aliphatic rings. The third kappa shape index (κ3) is 7.67. The van der Waals surface area contributed by atoms with Crippen LogP contribution in [0.2, 0.25) is 0 Å². The van der Waals surface area contributed by atoms with Gasteiger partial charge in [0, 0.05) is 38.3 Å². The SMILES string of the molecule is CC(C)(C)c1ccc([Si]2(c3ccc(C(C)(C)C)cc3)c3cccnc3-n3c4[c-]c(-c5cccc6c5nc(-c5ccccc5O)n6-c5ccc(C(C)(C)C)cc5-c5ccccc5)ccc4c4cccc2c43)cc1.[Pt]. The molecule has 364 valence electrons. The molecular weight excluding hydrogens is 1090 g/mol. The number of pyridine rings is 1. The molecule has 0 atom stereocenters. The van der Waals surface area contributed by atoms with Gasteiger partial charge in [-0.3, -0.25) is 4.57 Å². The summed E-state index contributed by atoms with van der Waals surface area (Å²) in [6.07, 6.45) is 1.95. The molecule has 0 amide bonds. The zero-order chi connectivity index (χ0) is 49.9. The number of hydrogen-bond acceptors (Lipinski definition) is 3. The molecule has 0 saturated heterocycles. The van der Waals surface area contributed by atoms with Crippen molar-refractivity contribution in [1.82, 2.24) is 19.1 Å². The van der Waals surface area contributed by atoms with Gasteiger partial charge in [0.25, 0.3) is 0 Å². The van der Waals surface area contributed by atoms with Crippen LogP contribution in [0.5, 0.6) is 5.75 Å². The van der Waals surface area contributed by atoms with E-state index < -0.39 is 8.07 Å². The second-order valence-electron chi connectivity index (χ2n) is 22.8. The van der Waals surface area contributed by atoms with Crippen LogP contribution in [0.25, 0.3) is 78.0 Å². The number of aromatic hydroxyl groups is 1. The summed E-state index contributed by atoms with van der Waals surface area (Å²) in [6.45, 7) is 20.5. The topological polar surface area (TPSA) is 55.9 Å². The van der Waals surface area contributed by atoms with Crippen LogP contribution >= 0.6 is 0 Å². The Balaban J connectivity index is 0.00000574. The monoisotopic (exact) mass is 1150 g/mol. The van der Waals surface area contributed by atoms with Gasteiger partial charge in [0.15, 0.2) is 8.07 Å². The zero-order valence-electron chi connectivity index (χ0n) is 43.0. The average molecular weight is 1150 g/mol. The number of para-hydroxylation sites is 3. The maximum absolute atomic E-state index is 11.5. The van der Waals surface area contributed by atoms with E-state index in [1.54, 1.807) is 6.07 Å². The standard InChI is InChI=1S/C66H59N4OSi.Pt/c1-64(2,3)44-28-33-47(34-29-44)72(48-35-30-45(31-36-48)65(4,5)6)58-25-16-22-51-50-37-27-43(40-56(50)70(61(51)58)63-59(72)26-17-39-67-63)49-21-15-23-55-60(49)68-62(52-20-13-14-24-57(52)71)69(55)54-38-32-46(66(7,8)9)41-53(54)42-18-11-10-12-19-42;/h10-39,41,71H,1-9H3;/q-1;. The Morgan fingerprint density at radius 3 is 1.77 bits per heavy atom. The molecule has 3 aromatic heterocycles. The molecule has 0 bridgehead atoms. The Morgan fingerprint density at radius 2 is 1.11 bits per heavy atom. The van der Waals surface area contributed by atoms with Crippen molar-refractivity contribution in [3.05, 3.63) is 211 Å². The summed E-state index contributed by atoms with van der Waals surface area (Å²) >= 11 is 0. The summed E-state index contributed by atoms with van der Waals surface area (Å²) in [4.78, 5) is 10.9. The normalized spacial score (nSPS) is 13.3. The van der Waals surface area contributed by atoms with Crippen molar-refractivity contribution < 1.29 is 26.2 Å². The summed E-state index contributed by atoms with van der Waals surface area (Å²) in [6, 6.07) is 70.2. The van der Waals surface area contributed by atoms with Gasteiger partial charge in [0.05, 0.1) is 22.3 Å². The van der Waals surface area contributed by atoms with E-state index in [4.69, 9.17) is 9.97 Å². The second-order valence-corrected chi connectivity index (χ2v) is 26.5. The molecule has 0 fully saturated rings. The van der Waals surface area contributed by atoms with E-state index in [0.29, 0.717) is 11.4 Å². The van der Waals surface area contributed by atoms with Crippen molar-refractivity contribution in [2.75, 3.05) is 0 Å². The molecule has 73 heavy (non-hydrogen) atoms. The number of imidazole rings is 1. The fourth-order valence-electron chi connectivity index (χ4n) is 11.4. The first-order chi connectivity index (χ1) is 34.5. The number of rotatable bonds is 6. The molecule has 7 heteroatoms. The van der Waals surface area contributed by atoms with Crippen LogP contribution in [0.3, 0.4) is 0 Å². The third-order valence-electron chi connectivity index (χ3n) is 15.2. The fraction of sp³-hybridized carbons (Fsp3) is 0.182. The van der Waals surface area contributed by atoms with E-state index in [1.807, 2.05) is 24.4 Å². The quantitative estimate of drug-likeness (QED) is 0.133. The Labute approximate surface area is 444 Å². The molecule has 1 N–H and O–H groups in total. The van der Waals surface area contributed by atoms with Crippen molar-refractivity contribution in [2.24, 2.45) is 0 Å². The second kappa shape index (κ2) is 17.5. The minimum absolute atomic E-state index is 0. The van der Waals surface area contributed by atoms with Crippen LogP contribution in [-0.2, 0) is 37.3 Å². The maximum atomic E-state index is 11.5. The molecular formula is C66H59N4OPtSi-. The van der Waals surface area contributed by atoms with Crippen LogP contribution in [-0.4, -0.2) is 32.3 Å². The first kappa shape index (κ1) is 48.2. The van der Waals surface area contributed by atoms with Crippen molar-refractivity contribution in [3.8, 4) is 50.9 Å². The minimum atomic E-state index is -2.99. The van der Waals surface area contributed by atoms with Crippen molar-refractivity contribution in [2.45, 2.75) is 78.6 Å². The van der Waals surface area contributed by atoms with Gasteiger partial charge in [0.2, 0.25) is 0 Å². The molecule has 11 aromatic rings. The van der Waals surface area contributed by atoms with Crippen LogP contribution in [0.4, 0.5) is 0 Å². The molecule has 0 aliphatic carbocycles. The van der Waals surface area contributed by atoms with Gasteiger partial charge in [-0.2, -0.15) is 0 Å². The van der Waals surface area contributed by atoms with Gasteiger partial charge >= 0.3 is 0 Å². The smallest absolute Gasteiger partial charge is 0.186 e. The van der Waals surface area contributed by atoms with E-state index in [-0.39, 0.29) is 43.1 Å². The average Bonchev–Trinajstić information content (AvgIpc) is 3.93. The zero-order valence-corrected chi connectivity index (χ0v) is 46.2. The van der Waals surface area contributed by atoms with Gasteiger partial charge in [-0.15, -0.1) is 23.8 Å². The maximum Gasteiger partial charge on any atom is 0.186 e. The van der Waals surface area contributed by atoms with Gasteiger partial charge in [-0.05, 0) is 107 Å². The molecule has 0 saturated carbocycles. The van der Waals surface area contributed by atoms with Crippen LogP contribution < -0.4 is 20.7 Å².